The van der Waals surface area contributed by atoms with Crippen LogP contribution in [0, 0.1) is 5.82 Å². The van der Waals surface area contributed by atoms with E-state index in [9.17, 15) is 4.39 Å². The standard InChI is InChI=1S/C11H13BrFNO2/c1-3-9-10(14-15-2)7-4-6(13)5-8(12)11(7)16-9/h4-5,9-10,14H,3H2,1-2H3. The normalized spacial score (nSPS) is 23.0. The molecule has 16 heavy (non-hydrogen) atoms. The third-order valence-electron chi connectivity index (χ3n) is 2.66. The molecular formula is C11H13BrFNO2. The molecular weight excluding hydrogens is 277 g/mol. The maximum atomic E-state index is 13.3. The lowest BCUT2D eigenvalue weighted by Gasteiger charge is -2.17. The van der Waals surface area contributed by atoms with Crippen LogP contribution in [0.5, 0.6) is 5.75 Å². The first-order valence-corrected chi connectivity index (χ1v) is 5.90. The van der Waals surface area contributed by atoms with E-state index in [0.717, 1.165) is 12.0 Å². The minimum absolute atomic E-state index is 0.0342. The highest BCUT2D eigenvalue weighted by Gasteiger charge is 2.35. The van der Waals surface area contributed by atoms with Crippen molar-refractivity contribution in [3.05, 3.63) is 28.0 Å². The Kier molecular flexibility index (Phi) is 3.47. The van der Waals surface area contributed by atoms with Crippen LogP contribution in [0.4, 0.5) is 4.39 Å². The highest BCUT2D eigenvalue weighted by atomic mass is 79.9. The topological polar surface area (TPSA) is 30.5 Å². The molecule has 1 N–H and O–H groups in total. The summed E-state index contributed by atoms with van der Waals surface area (Å²) in [4.78, 5) is 4.93. The van der Waals surface area contributed by atoms with Crippen LogP contribution in [0.25, 0.3) is 0 Å². The summed E-state index contributed by atoms with van der Waals surface area (Å²) in [5.41, 5.74) is 3.64. The zero-order valence-corrected chi connectivity index (χ0v) is 10.7. The van der Waals surface area contributed by atoms with Crippen LogP contribution in [0.3, 0.4) is 0 Å². The maximum absolute atomic E-state index is 13.3. The molecule has 1 heterocycles. The number of hydrogen-bond donors (Lipinski definition) is 1. The van der Waals surface area contributed by atoms with Crippen molar-refractivity contribution in [1.82, 2.24) is 5.48 Å². The van der Waals surface area contributed by atoms with E-state index in [1.54, 1.807) is 7.11 Å². The second kappa shape index (κ2) is 4.69. The predicted molar refractivity (Wildman–Crippen MR) is 61.7 cm³/mol. The fourth-order valence-corrected chi connectivity index (χ4v) is 2.48. The van der Waals surface area contributed by atoms with Gasteiger partial charge >= 0.3 is 0 Å². The summed E-state index contributed by atoms with van der Waals surface area (Å²) in [5, 5.41) is 0. The van der Waals surface area contributed by atoms with Gasteiger partial charge in [0, 0.05) is 5.56 Å². The maximum Gasteiger partial charge on any atom is 0.139 e. The second-order valence-electron chi connectivity index (χ2n) is 3.67. The quantitative estimate of drug-likeness (QED) is 0.868. The molecule has 0 radical (unpaired) electrons. The number of nitrogens with one attached hydrogen (secondary N) is 1. The van der Waals surface area contributed by atoms with Crippen LogP contribution in [-0.4, -0.2) is 13.2 Å². The molecule has 1 aromatic carbocycles. The fraction of sp³-hybridized carbons (Fsp3) is 0.455. The van der Waals surface area contributed by atoms with E-state index >= 15 is 0 Å². The monoisotopic (exact) mass is 289 g/mol. The first kappa shape index (κ1) is 11.8. The largest absolute Gasteiger partial charge is 0.487 e. The van der Waals surface area contributed by atoms with E-state index in [2.05, 4.69) is 21.4 Å². The zero-order chi connectivity index (χ0) is 11.7. The van der Waals surface area contributed by atoms with Gasteiger partial charge in [0.1, 0.15) is 17.7 Å². The lowest BCUT2D eigenvalue weighted by molar-refractivity contribution is 0.0282. The van der Waals surface area contributed by atoms with E-state index in [1.165, 1.54) is 12.1 Å². The van der Waals surface area contributed by atoms with Crippen molar-refractivity contribution in [2.75, 3.05) is 7.11 Å². The molecule has 0 saturated carbocycles. The number of fused-ring (bicyclic) bond motifs is 1. The average molecular weight is 290 g/mol. The van der Waals surface area contributed by atoms with Gasteiger partial charge in [0.15, 0.2) is 0 Å². The van der Waals surface area contributed by atoms with Gasteiger partial charge in [-0.2, -0.15) is 5.48 Å². The number of hydroxylamine groups is 1. The number of hydrogen-bond acceptors (Lipinski definition) is 3. The Morgan fingerprint density at radius 2 is 2.31 bits per heavy atom. The SMILES string of the molecule is CCC1Oc2c(Br)cc(F)cc2C1NOC. The summed E-state index contributed by atoms with van der Waals surface area (Å²) >= 11 is 3.30. The Hall–Kier alpha value is -0.650. The van der Waals surface area contributed by atoms with Gasteiger partial charge in [-0.05, 0) is 34.5 Å². The van der Waals surface area contributed by atoms with Crippen LogP contribution in [0.15, 0.2) is 16.6 Å². The van der Waals surface area contributed by atoms with Gasteiger partial charge in [-0.15, -0.1) is 0 Å². The van der Waals surface area contributed by atoms with Crippen molar-refractivity contribution in [3.63, 3.8) is 0 Å². The average Bonchev–Trinajstić information content (AvgIpc) is 2.58. The Balaban J connectivity index is 2.41. The van der Waals surface area contributed by atoms with Crippen LogP contribution in [-0.2, 0) is 4.84 Å². The first-order chi connectivity index (χ1) is 7.67. The van der Waals surface area contributed by atoms with Crippen molar-refractivity contribution in [2.45, 2.75) is 25.5 Å². The van der Waals surface area contributed by atoms with E-state index in [1.807, 2.05) is 6.92 Å². The summed E-state index contributed by atoms with van der Waals surface area (Å²) in [7, 11) is 1.54. The van der Waals surface area contributed by atoms with Crippen molar-refractivity contribution in [3.8, 4) is 5.75 Å². The molecule has 2 unspecified atom stereocenters. The molecule has 0 spiro atoms. The summed E-state index contributed by atoms with van der Waals surface area (Å²) in [6.07, 6.45) is 0.789. The minimum Gasteiger partial charge on any atom is -0.487 e. The molecule has 0 bridgehead atoms. The summed E-state index contributed by atoms with van der Waals surface area (Å²) in [6, 6.07) is 2.75. The number of rotatable bonds is 3. The number of ether oxygens (including phenoxy) is 1. The molecule has 0 aliphatic carbocycles. The Bertz CT molecular complexity index is 400. The summed E-state index contributed by atoms with van der Waals surface area (Å²) in [6.45, 7) is 2.02. The van der Waals surface area contributed by atoms with Gasteiger partial charge in [-0.3, -0.25) is 0 Å². The van der Waals surface area contributed by atoms with Gasteiger partial charge < -0.3 is 9.57 Å². The molecule has 2 rings (SSSR count). The lowest BCUT2D eigenvalue weighted by Crippen LogP contribution is -2.29. The van der Waals surface area contributed by atoms with Crippen molar-refractivity contribution >= 4 is 15.9 Å². The van der Waals surface area contributed by atoms with E-state index in [-0.39, 0.29) is 18.0 Å². The van der Waals surface area contributed by atoms with Crippen LogP contribution < -0.4 is 10.2 Å². The lowest BCUT2D eigenvalue weighted by atomic mass is 10.0. The zero-order valence-electron chi connectivity index (χ0n) is 9.09. The molecule has 0 fully saturated rings. The van der Waals surface area contributed by atoms with E-state index in [0.29, 0.717) is 10.2 Å². The molecule has 2 atom stereocenters. The van der Waals surface area contributed by atoms with Gasteiger partial charge in [0.25, 0.3) is 0 Å². The van der Waals surface area contributed by atoms with Crippen molar-refractivity contribution < 1.29 is 14.0 Å². The first-order valence-electron chi connectivity index (χ1n) is 5.11. The van der Waals surface area contributed by atoms with Crippen LogP contribution in [0.1, 0.15) is 24.9 Å². The van der Waals surface area contributed by atoms with Crippen molar-refractivity contribution in [2.24, 2.45) is 0 Å². The molecule has 3 nitrogen and oxygen atoms in total. The number of benzene rings is 1. The molecule has 0 aromatic heterocycles. The van der Waals surface area contributed by atoms with Crippen LogP contribution >= 0.6 is 15.9 Å². The molecule has 88 valence electrons. The minimum atomic E-state index is -0.283. The second-order valence-corrected chi connectivity index (χ2v) is 4.52. The third kappa shape index (κ3) is 1.95. The van der Waals surface area contributed by atoms with E-state index in [4.69, 9.17) is 9.57 Å². The smallest absolute Gasteiger partial charge is 0.139 e. The van der Waals surface area contributed by atoms with Crippen molar-refractivity contribution in [1.29, 1.82) is 0 Å². The van der Waals surface area contributed by atoms with E-state index < -0.39 is 0 Å². The number of halogens is 2. The molecule has 5 heteroatoms. The Labute approximate surface area is 102 Å². The Morgan fingerprint density at radius 1 is 1.56 bits per heavy atom. The fourth-order valence-electron chi connectivity index (χ4n) is 1.94. The van der Waals surface area contributed by atoms with Gasteiger partial charge in [-0.1, -0.05) is 6.92 Å². The highest BCUT2D eigenvalue weighted by molar-refractivity contribution is 9.10. The summed E-state index contributed by atoms with van der Waals surface area (Å²) in [5.74, 6) is 0.414. The molecule has 0 amide bonds. The van der Waals surface area contributed by atoms with Gasteiger partial charge in [0.05, 0.1) is 17.6 Å². The van der Waals surface area contributed by atoms with Gasteiger partial charge in [-0.25, -0.2) is 4.39 Å². The Morgan fingerprint density at radius 3 is 2.94 bits per heavy atom. The summed E-state index contributed by atoms with van der Waals surface area (Å²) < 4.78 is 19.7. The molecule has 1 aromatic rings. The predicted octanol–water partition coefficient (Wildman–Crippen LogP) is 2.95. The van der Waals surface area contributed by atoms with Gasteiger partial charge in [0.2, 0.25) is 0 Å². The highest BCUT2D eigenvalue weighted by Crippen LogP contribution is 2.43. The third-order valence-corrected chi connectivity index (χ3v) is 3.25. The molecule has 1 aliphatic rings. The molecule has 1 aliphatic heterocycles. The molecule has 0 saturated heterocycles. The van der Waals surface area contributed by atoms with Crippen LogP contribution in [0.2, 0.25) is 0 Å².